The summed E-state index contributed by atoms with van der Waals surface area (Å²) >= 11 is 0. The van der Waals surface area contributed by atoms with Crippen LogP contribution in [0.1, 0.15) is 16.7 Å². The Morgan fingerprint density at radius 2 is 1.95 bits per heavy atom. The molecule has 0 saturated carbocycles. The molecule has 1 aliphatic rings. The van der Waals surface area contributed by atoms with E-state index in [9.17, 15) is 9.59 Å². The van der Waals surface area contributed by atoms with Gasteiger partial charge >= 0.3 is 6.09 Å². The minimum Gasteiger partial charge on any atom is -0.445 e. The minimum absolute atomic E-state index is 0.287. The molecular formula is C16H21N2O3. The average molecular weight is 289 g/mol. The molecule has 0 unspecified atom stereocenters. The molecule has 0 aliphatic carbocycles. The zero-order valence-electron chi connectivity index (χ0n) is 12.6. The first-order valence-electron chi connectivity index (χ1n) is 7.15. The van der Waals surface area contributed by atoms with E-state index in [1.807, 2.05) is 37.2 Å². The van der Waals surface area contributed by atoms with Crippen molar-refractivity contribution in [3.8, 4) is 0 Å². The second-order valence-corrected chi connectivity index (χ2v) is 5.39. The van der Waals surface area contributed by atoms with Crippen LogP contribution in [0.25, 0.3) is 0 Å². The van der Waals surface area contributed by atoms with E-state index in [1.54, 1.807) is 4.90 Å². The van der Waals surface area contributed by atoms with Gasteiger partial charge in [-0.05, 0) is 25.0 Å². The van der Waals surface area contributed by atoms with Crippen molar-refractivity contribution in [3.05, 3.63) is 34.9 Å². The van der Waals surface area contributed by atoms with Crippen LogP contribution < -0.4 is 0 Å². The monoisotopic (exact) mass is 289 g/mol. The molecule has 1 aliphatic heterocycles. The van der Waals surface area contributed by atoms with Gasteiger partial charge in [-0.15, -0.1) is 0 Å². The Morgan fingerprint density at radius 1 is 1.24 bits per heavy atom. The largest absolute Gasteiger partial charge is 0.445 e. The molecule has 2 rings (SSSR count). The first kappa shape index (κ1) is 15.5. The Bertz CT molecular complexity index is 508. The molecule has 0 aromatic heterocycles. The fraction of sp³-hybridized carbons (Fsp3) is 0.500. The lowest BCUT2D eigenvalue weighted by Crippen LogP contribution is -2.49. The molecule has 1 amide bonds. The minimum atomic E-state index is -0.287. The molecule has 0 atom stereocenters. The first-order chi connectivity index (χ1) is 10.1. The van der Waals surface area contributed by atoms with E-state index in [1.165, 1.54) is 5.56 Å². The summed E-state index contributed by atoms with van der Waals surface area (Å²) in [5.74, 6) is 0. The summed E-state index contributed by atoms with van der Waals surface area (Å²) in [6.45, 7) is 7.23. The van der Waals surface area contributed by atoms with Crippen molar-refractivity contribution in [2.45, 2.75) is 20.5 Å². The number of hydrogen-bond donors (Lipinski definition) is 0. The van der Waals surface area contributed by atoms with Crippen LogP contribution in [0.4, 0.5) is 4.79 Å². The number of amides is 1. The van der Waals surface area contributed by atoms with Crippen LogP contribution >= 0.6 is 0 Å². The van der Waals surface area contributed by atoms with Crippen LogP contribution in [-0.4, -0.2) is 54.9 Å². The topological polar surface area (TPSA) is 49.9 Å². The Morgan fingerprint density at radius 3 is 2.57 bits per heavy atom. The maximum absolute atomic E-state index is 12.0. The molecule has 0 spiro atoms. The van der Waals surface area contributed by atoms with Crippen LogP contribution in [0.5, 0.6) is 0 Å². The van der Waals surface area contributed by atoms with E-state index in [2.05, 4.69) is 6.07 Å². The summed E-state index contributed by atoms with van der Waals surface area (Å²) in [6.07, 6.45) is 1.59. The highest BCUT2D eigenvalue weighted by Crippen LogP contribution is 2.13. The summed E-state index contributed by atoms with van der Waals surface area (Å²) in [6, 6.07) is 6.10. The highest BCUT2D eigenvalue weighted by Gasteiger charge is 2.21. The quantitative estimate of drug-likeness (QED) is 0.846. The second-order valence-electron chi connectivity index (χ2n) is 5.39. The first-order valence-corrected chi connectivity index (χ1v) is 7.15. The summed E-state index contributed by atoms with van der Waals surface area (Å²) in [4.78, 5) is 26.0. The normalized spacial score (nSPS) is 15.8. The number of ether oxygens (including phenoxy) is 1. The van der Waals surface area contributed by atoms with Crippen molar-refractivity contribution >= 4 is 12.4 Å². The Labute approximate surface area is 125 Å². The molecule has 113 valence electrons. The predicted octanol–water partition coefficient (Wildman–Crippen LogP) is 1.67. The second kappa shape index (κ2) is 7.22. The van der Waals surface area contributed by atoms with Gasteiger partial charge in [0, 0.05) is 26.2 Å². The third-order valence-corrected chi connectivity index (χ3v) is 3.77. The molecule has 5 nitrogen and oxygen atoms in total. The zero-order valence-corrected chi connectivity index (χ0v) is 12.6. The third-order valence-electron chi connectivity index (χ3n) is 3.77. The van der Waals surface area contributed by atoms with Crippen LogP contribution in [0.3, 0.4) is 0 Å². The van der Waals surface area contributed by atoms with Gasteiger partial charge in [0.05, 0.1) is 6.54 Å². The molecule has 1 radical (unpaired) electrons. The Hall–Kier alpha value is -1.88. The molecule has 21 heavy (non-hydrogen) atoms. The van der Waals surface area contributed by atoms with Gasteiger partial charge < -0.3 is 9.64 Å². The number of rotatable bonds is 4. The summed E-state index contributed by atoms with van der Waals surface area (Å²) in [7, 11) is 0. The summed E-state index contributed by atoms with van der Waals surface area (Å²) in [5, 5.41) is 0. The number of nitrogens with zero attached hydrogens (tertiary/aromatic N) is 2. The number of carbonyl (C=O) groups excluding carboxylic acids is 2. The van der Waals surface area contributed by atoms with Crippen molar-refractivity contribution in [1.29, 1.82) is 0 Å². The van der Waals surface area contributed by atoms with Crippen molar-refractivity contribution in [2.24, 2.45) is 0 Å². The van der Waals surface area contributed by atoms with Crippen molar-refractivity contribution < 1.29 is 14.3 Å². The molecule has 1 aromatic carbocycles. The van der Waals surface area contributed by atoms with Gasteiger partial charge in [0.15, 0.2) is 0 Å². The summed E-state index contributed by atoms with van der Waals surface area (Å²) < 4.78 is 5.37. The Balaban J connectivity index is 1.81. The standard InChI is InChI=1S/C16H21N2O3/c1-13-3-4-15(14(2)11-13)12-21-16(20)18-7-5-17(6-8-18)9-10-19/h3-4,11H,5-9,12H2,1-2H3. The van der Waals surface area contributed by atoms with Crippen LogP contribution in [0.2, 0.25) is 0 Å². The number of carbonyl (C=O) groups is 1. The fourth-order valence-corrected chi connectivity index (χ4v) is 2.42. The van der Waals surface area contributed by atoms with Gasteiger partial charge in [-0.25, -0.2) is 4.79 Å². The Kier molecular flexibility index (Phi) is 5.33. The van der Waals surface area contributed by atoms with Gasteiger partial charge in [0.25, 0.3) is 0 Å². The molecule has 5 heteroatoms. The SMILES string of the molecule is Cc1ccc(COC(=O)N2CCN(C[C]=O)CC2)c(C)c1. The average Bonchev–Trinajstić information content (AvgIpc) is 2.47. The molecule has 1 fully saturated rings. The fourth-order valence-electron chi connectivity index (χ4n) is 2.42. The maximum Gasteiger partial charge on any atom is 0.410 e. The van der Waals surface area contributed by atoms with Crippen LogP contribution in [-0.2, 0) is 16.1 Å². The smallest absolute Gasteiger partial charge is 0.410 e. The zero-order chi connectivity index (χ0) is 15.2. The molecule has 0 N–H and O–H groups in total. The van der Waals surface area contributed by atoms with E-state index in [-0.39, 0.29) is 6.09 Å². The maximum atomic E-state index is 12.0. The van der Waals surface area contributed by atoms with Crippen LogP contribution in [0, 0.1) is 13.8 Å². The third kappa shape index (κ3) is 4.29. The molecular weight excluding hydrogens is 268 g/mol. The lowest BCUT2D eigenvalue weighted by atomic mass is 10.1. The van der Waals surface area contributed by atoms with E-state index in [0.29, 0.717) is 39.3 Å². The van der Waals surface area contributed by atoms with Crippen molar-refractivity contribution in [1.82, 2.24) is 9.80 Å². The highest BCUT2D eigenvalue weighted by molar-refractivity contribution is 5.67. The number of aryl methyl sites for hydroxylation is 2. The lowest BCUT2D eigenvalue weighted by Gasteiger charge is -2.32. The van der Waals surface area contributed by atoms with E-state index in [4.69, 9.17) is 4.74 Å². The lowest BCUT2D eigenvalue weighted by molar-refractivity contribution is 0.0747. The van der Waals surface area contributed by atoms with Gasteiger partial charge in [-0.3, -0.25) is 9.69 Å². The number of benzene rings is 1. The predicted molar refractivity (Wildman–Crippen MR) is 79.8 cm³/mol. The van der Waals surface area contributed by atoms with E-state index in [0.717, 1.165) is 11.1 Å². The van der Waals surface area contributed by atoms with Crippen molar-refractivity contribution in [3.63, 3.8) is 0 Å². The number of piperazine rings is 1. The summed E-state index contributed by atoms with van der Waals surface area (Å²) in [5.41, 5.74) is 3.36. The molecule has 1 saturated heterocycles. The van der Waals surface area contributed by atoms with Gasteiger partial charge in [-0.1, -0.05) is 23.8 Å². The molecule has 1 aromatic rings. The number of hydrogen-bond acceptors (Lipinski definition) is 4. The van der Waals surface area contributed by atoms with Gasteiger partial charge in [0.2, 0.25) is 6.29 Å². The van der Waals surface area contributed by atoms with Crippen LogP contribution in [0.15, 0.2) is 18.2 Å². The van der Waals surface area contributed by atoms with E-state index < -0.39 is 0 Å². The molecule has 1 heterocycles. The molecule has 0 bridgehead atoms. The van der Waals surface area contributed by atoms with E-state index >= 15 is 0 Å². The van der Waals surface area contributed by atoms with Gasteiger partial charge in [0.1, 0.15) is 6.61 Å². The highest BCUT2D eigenvalue weighted by atomic mass is 16.6. The van der Waals surface area contributed by atoms with Gasteiger partial charge in [-0.2, -0.15) is 0 Å². The van der Waals surface area contributed by atoms with Crippen molar-refractivity contribution in [2.75, 3.05) is 32.7 Å².